The van der Waals surface area contributed by atoms with E-state index in [2.05, 4.69) is 35.7 Å². The number of nitrogens with zero attached hydrogens (tertiary/aromatic N) is 2. The number of anilines is 4. The molecule has 0 saturated carbocycles. The maximum absolute atomic E-state index is 14.0. The lowest BCUT2D eigenvalue weighted by molar-refractivity contribution is -0.117. The van der Waals surface area contributed by atoms with Crippen molar-refractivity contribution in [2.24, 2.45) is 0 Å². The van der Waals surface area contributed by atoms with E-state index in [0.717, 1.165) is 36.6 Å². The van der Waals surface area contributed by atoms with Crippen LogP contribution in [0.2, 0.25) is 0 Å². The second-order valence-corrected chi connectivity index (χ2v) is 13.8. The van der Waals surface area contributed by atoms with Crippen LogP contribution in [0.4, 0.5) is 27.5 Å². The normalized spacial score (nSPS) is 18.8. The molecule has 8 heteroatoms. The third-order valence-electron chi connectivity index (χ3n) is 7.36. The highest BCUT2D eigenvalue weighted by Crippen LogP contribution is 2.49. The van der Waals surface area contributed by atoms with E-state index < -0.39 is 0 Å². The molecule has 2 aliphatic heterocycles. The fourth-order valence-electron chi connectivity index (χ4n) is 5.43. The number of hydrogen-bond donors (Lipinski definition) is 1. The maximum Gasteiger partial charge on any atom is 0.326 e. The standard InChI is InChI=1S/C34H27N3O2S3/c1-22(33(38)36-25-13-2-6-17-29(25)41-30-18-7-3-14-26(30)36)40-24-12-10-11-23(21-24)35-34(39)37-27-15-4-8-19-31(27)42-32-20-9-5-16-28(32)37/h2-22,27,31H,1H3,(H,35,39). The van der Waals surface area contributed by atoms with Gasteiger partial charge < -0.3 is 5.32 Å². The molecule has 0 radical (unpaired) electrons. The van der Waals surface area contributed by atoms with Crippen molar-refractivity contribution in [3.05, 3.63) is 121 Å². The molecule has 3 amide bonds. The number of amides is 3. The fraction of sp³-hybridized carbons (Fsp3) is 0.118. The predicted octanol–water partition coefficient (Wildman–Crippen LogP) is 9.00. The highest BCUT2D eigenvalue weighted by atomic mass is 32.2. The Bertz CT molecular complexity index is 1710. The molecule has 0 spiro atoms. The number of carbonyl (C=O) groups is 2. The SMILES string of the molecule is CC(Sc1cccc(NC(=O)N2c3ccccc3SC3C=CC=CC32)c1)C(=O)N1c2ccccc2Sc2ccccc21. The second-order valence-electron chi connectivity index (χ2n) is 10.1. The third kappa shape index (κ3) is 5.04. The van der Waals surface area contributed by atoms with Crippen molar-refractivity contribution < 1.29 is 9.59 Å². The van der Waals surface area contributed by atoms with E-state index in [1.165, 1.54) is 11.8 Å². The van der Waals surface area contributed by atoms with Crippen molar-refractivity contribution in [1.29, 1.82) is 0 Å². The van der Waals surface area contributed by atoms with E-state index in [-0.39, 0.29) is 28.5 Å². The topological polar surface area (TPSA) is 52.7 Å². The van der Waals surface area contributed by atoms with Crippen LogP contribution < -0.4 is 15.1 Å². The number of hydrogen-bond acceptors (Lipinski definition) is 5. The summed E-state index contributed by atoms with van der Waals surface area (Å²) in [7, 11) is 0. The third-order valence-corrected chi connectivity index (χ3v) is 10.9. The van der Waals surface area contributed by atoms with Crippen molar-refractivity contribution in [3.8, 4) is 0 Å². The van der Waals surface area contributed by atoms with Crippen molar-refractivity contribution in [2.45, 2.75) is 43.0 Å². The van der Waals surface area contributed by atoms with Crippen LogP contribution in [0.1, 0.15) is 6.92 Å². The minimum atomic E-state index is -0.355. The van der Waals surface area contributed by atoms with Crippen LogP contribution in [0.3, 0.4) is 0 Å². The van der Waals surface area contributed by atoms with Gasteiger partial charge in [-0.05, 0) is 61.5 Å². The monoisotopic (exact) mass is 605 g/mol. The summed E-state index contributed by atoms with van der Waals surface area (Å²) < 4.78 is 0. The molecular formula is C34H27N3O2S3. The van der Waals surface area contributed by atoms with E-state index in [9.17, 15) is 9.59 Å². The number of nitrogens with one attached hydrogen (secondary N) is 1. The van der Waals surface area contributed by atoms with E-state index >= 15 is 0 Å². The lowest BCUT2D eigenvalue weighted by Gasteiger charge is -2.40. The summed E-state index contributed by atoms with van der Waals surface area (Å²) in [5.41, 5.74) is 3.41. The smallest absolute Gasteiger partial charge is 0.307 e. The van der Waals surface area contributed by atoms with Gasteiger partial charge in [-0.25, -0.2) is 4.79 Å². The van der Waals surface area contributed by atoms with Gasteiger partial charge in [-0.1, -0.05) is 78.5 Å². The molecule has 0 fully saturated rings. The molecule has 3 unspecified atom stereocenters. The van der Waals surface area contributed by atoms with Crippen molar-refractivity contribution in [2.75, 3.05) is 15.1 Å². The van der Waals surface area contributed by atoms with Crippen molar-refractivity contribution in [3.63, 3.8) is 0 Å². The molecule has 42 heavy (non-hydrogen) atoms. The molecule has 0 saturated heterocycles. The number of rotatable bonds is 4. The van der Waals surface area contributed by atoms with Crippen molar-refractivity contribution in [1.82, 2.24) is 0 Å². The van der Waals surface area contributed by atoms with Crippen LogP contribution >= 0.6 is 35.3 Å². The Balaban J connectivity index is 1.11. The first-order chi connectivity index (χ1) is 20.6. The average molecular weight is 606 g/mol. The fourth-order valence-corrected chi connectivity index (χ4v) is 8.72. The number of thioether (sulfide) groups is 2. The molecule has 7 rings (SSSR count). The van der Waals surface area contributed by atoms with Gasteiger partial charge in [0.2, 0.25) is 5.91 Å². The summed E-state index contributed by atoms with van der Waals surface area (Å²) in [5, 5.41) is 2.93. The molecule has 208 valence electrons. The number of para-hydroxylation sites is 3. The Labute approximate surface area is 258 Å². The van der Waals surface area contributed by atoms with E-state index in [4.69, 9.17) is 0 Å². The summed E-state index contributed by atoms with van der Waals surface area (Å²) in [5.74, 6) is 0.0141. The number of benzene rings is 4. The number of urea groups is 1. The van der Waals surface area contributed by atoms with Gasteiger partial charge in [0.05, 0.1) is 33.6 Å². The van der Waals surface area contributed by atoms with E-state index in [1.54, 1.807) is 23.5 Å². The molecule has 5 nitrogen and oxygen atoms in total. The average Bonchev–Trinajstić information content (AvgIpc) is 3.02. The Morgan fingerprint density at radius 1 is 0.786 bits per heavy atom. The highest BCUT2D eigenvalue weighted by molar-refractivity contribution is 8.01. The largest absolute Gasteiger partial charge is 0.326 e. The van der Waals surface area contributed by atoms with E-state index in [0.29, 0.717) is 5.69 Å². The van der Waals surface area contributed by atoms with Gasteiger partial charge in [-0.3, -0.25) is 14.6 Å². The molecule has 4 aromatic rings. The van der Waals surface area contributed by atoms with Gasteiger partial charge in [-0.15, -0.1) is 23.5 Å². The quantitative estimate of drug-likeness (QED) is 0.235. The Morgan fingerprint density at radius 3 is 2.17 bits per heavy atom. The Morgan fingerprint density at radius 2 is 1.43 bits per heavy atom. The van der Waals surface area contributed by atoms with Gasteiger partial charge in [0, 0.05) is 25.3 Å². The summed E-state index contributed by atoms with van der Waals surface area (Å²) in [4.78, 5) is 35.5. The molecule has 0 bridgehead atoms. The Kier molecular flexibility index (Phi) is 7.36. The lowest BCUT2D eigenvalue weighted by atomic mass is 10.1. The summed E-state index contributed by atoms with van der Waals surface area (Å²) in [6.07, 6.45) is 8.28. The zero-order chi connectivity index (χ0) is 28.6. The van der Waals surface area contributed by atoms with Crippen LogP contribution in [0.25, 0.3) is 0 Å². The van der Waals surface area contributed by atoms with Crippen LogP contribution in [-0.2, 0) is 4.79 Å². The second kappa shape index (κ2) is 11.4. The lowest BCUT2D eigenvalue weighted by Crippen LogP contribution is -2.49. The maximum atomic E-state index is 14.0. The van der Waals surface area contributed by atoms with Crippen LogP contribution in [0, 0.1) is 0 Å². The molecule has 4 aromatic carbocycles. The van der Waals surface area contributed by atoms with E-state index in [1.807, 2.05) is 108 Å². The van der Waals surface area contributed by atoms with Gasteiger partial charge in [0.1, 0.15) is 0 Å². The van der Waals surface area contributed by atoms with Gasteiger partial charge in [-0.2, -0.15) is 0 Å². The molecule has 3 atom stereocenters. The van der Waals surface area contributed by atoms with Gasteiger partial charge in [0.25, 0.3) is 0 Å². The predicted molar refractivity (Wildman–Crippen MR) is 176 cm³/mol. The first-order valence-corrected chi connectivity index (χ1v) is 16.3. The highest BCUT2D eigenvalue weighted by Gasteiger charge is 2.37. The minimum Gasteiger partial charge on any atom is -0.307 e. The first-order valence-electron chi connectivity index (χ1n) is 13.7. The van der Waals surface area contributed by atoms with Crippen molar-refractivity contribution >= 4 is 70.0 Å². The zero-order valence-corrected chi connectivity index (χ0v) is 25.2. The molecule has 2 heterocycles. The first kappa shape index (κ1) is 27.0. The molecule has 0 aromatic heterocycles. The number of carbonyl (C=O) groups excluding carboxylic acids is 2. The van der Waals surface area contributed by atoms with Crippen LogP contribution in [0.5, 0.6) is 0 Å². The van der Waals surface area contributed by atoms with Gasteiger partial charge >= 0.3 is 6.03 Å². The number of fused-ring (bicyclic) bond motifs is 4. The zero-order valence-electron chi connectivity index (χ0n) is 22.7. The number of allylic oxidation sites excluding steroid dienone is 2. The summed E-state index contributed by atoms with van der Waals surface area (Å²) in [6.45, 7) is 1.94. The molecular weight excluding hydrogens is 579 g/mol. The van der Waals surface area contributed by atoms with Crippen LogP contribution in [0.15, 0.2) is 141 Å². The molecule has 3 aliphatic rings. The van der Waals surface area contributed by atoms with Crippen LogP contribution in [-0.4, -0.2) is 28.5 Å². The Hall–Kier alpha value is -3.85. The summed E-state index contributed by atoms with van der Waals surface area (Å²) >= 11 is 4.96. The summed E-state index contributed by atoms with van der Waals surface area (Å²) in [6, 6.07) is 31.6. The molecule has 1 aliphatic carbocycles. The molecule has 1 N–H and O–H groups in total. The minimum absolute atomic E-state index is 0.0141. The van der Waals surface area contributed by atoms with Gasteiger partial charge in [0.15, 0.2) is 0 Å².